The van der Waals surface area contributed by atoms with E-state index in [0.717, 1.165) is 16.8 Å². The normalized spacial score (nSPS) is 15.8. The minimum atomic E-state index is -0.317. The molecule has 0 saturated carbocycles. The lowest BCUT2D eigenvalue weighted by Crippen LogP contribution is -2.11. The Balaban J connectivity index is 1.83. The second kappa shape index (κ2) is 7.04. The van der Waals surface area contributed by atoms with Gasteiger partial charge in [0, 0.05) is 23.8 Å². The molecule has 1 aliphatic heterocycles. The van der Waals surface area contributed by atoms with Gasteiger partial charge in [0.1, 0.15) is 5.69 Å². The van der Waals surface area contributed by atoms with E-state index in [-0.39, 0.29) is 42.1 Å². The van der Waals surface area contributed by atoms with E-state index in [1.54, 1.807) is 12.4 Å². The predicted molar refractivity (Wildman–Crippen MR) is 99.3 cm³/mol. The minimum Gasteiger partial charge on any atom is -0.296 e. The van der Waals surface area contributed by atoms with Gasteiger partial charge in [-0.25, -0.2) is 4.98 Å². The summed E-state index contributed by atoms with van der Waals surface area (Å²) in [5.74, 6) is -0.0364. The van der Waals surface area contributed by atoms with Gasteiger partial charge in [-0.1, -0.05) is 18.2 Å². The number of carbonyl (C=O) groups excluding carboxylic acids is 1. The summed E-state index contributed by atoms with van der Waals surface area (Å²) in [5.41, 5.74) is 3.17. The van der Waals surface area contributed by atoms with Crippen molar-refractivity contribution >= 4 is 54.3 Å². The molecule has 1 aromatic carbocycles. The summed E-state index contributed by atoms with van der Waals surface area (Å²) < 4.78 is 28.1. The van der Waals surface area contributed by atoms with E-state index in [2.05, 4.69) is 15.1 Å². The molecule has 26 heavy (non-hydrogen) atoms. The van der Waals surface area contributed by atoms with Crippen molar-refractivity contribution in [2.24, 2.45) is 4.99 Å². The van der Waals surface area contributed by atoms with Crippen LogP contribution in [0.4, 0.5) is 19.3 Å². The number of aliphatic imine (C=N–C) groups is 1. The fourth-order valence-electron chi connectivity index (χ4n) is 2.98. The maximum atomic E-state index is 13.0. The van der Waals surface area contributed by atoms with Crippen molar-refractivity contribution in [3.8, 4) is 0 Å². The molecule has 10 heteroatoms. The summed E-state index contributed by atoms with van der Waals surface area (Å²) in [6, 6.07) is 9.09. The quantitative estimate of drug-likeness (QED) is 0.473. The molecular weight excluding hydrogens is 380 g/mol. The highest BCUT2D eigenvalue weighted by Gasteiger charge is 2.24. The molecule has 2 aromatic heterocycles. The number of carbonyl (C=O) groups is 1. The second-order valence-corrected chi connectivity index (χ2v) is 6.84. The SMILES string of the molecule is O=Cc1cc(N(SF)SF)n2ncc(C3C=Nc4ccccc4C3)c2n1. The molecule has 0 aliphatic carbocycles. The number of para-hydroxylation sites is 1. The average Bonchev–Trinajstić information content (AvgIpc) is 3.12. The van der Waals surface area contributed by atoms with Gasteiger partial charge in [0.2, 0.25) is 0 Å². The Morgan fingerprint density at radius 2 is 2.08 bits per heavy atom. The van der Waals surface area contributed by atoms with Crippen LogP contribution in [-0.4, -0.2) is 27.1 Å². The topological polar surface area (TPSA) is 62.9 Å². The highest BCUT2D eigenvalue weighted by atomic mass is 32.3. The first-order valence-electron chi connectivity index (χ1n) is 7.58. The number of nitrogens with zero attached hydrogens (tertiary/aromatic N) is 5. The summed E-state index contributed by atoms with van der Waals surface area (Å²) in [4.78, 5) is 20.0. The molecule has 3 aromatic rings. The van der Waals surface area contributed by atoms with Crippen LogP contribution in [0.1, 0.15) is 27.5 Å². The zero-order valence-electron chi connectivity index (χ0n) is 13.1. The first-order chi connectivity index (χ1) is 12.7. The number of hydrogen-bond donors (Lipinski definition) is 0. The van der Waals surface area contributed by atoms with Crippen LogP contribution in [-0.2, 0) is 6.42 Å². The maximum Gasteiger partial charge on any atom is 0.179 e. The Morgan fingerprint density at radius 1 is 1.27 bits per heavy atom. The number of hydrogen-bond acceptors (Lipinski definition) is 7. The largest absolute Gasteiger partial charge is 0.296 e. The molecule has 132 valence electrons. The third-order valence-electron chi connectivity index (χ3n) is 4.16. The van der Waals surface area contributed by atoms with E-state index < -0.39 is 0 Å². The van der Waals surface area contributed by atoms with E-state index in [0.29, 0.717) is 22.1 Å². The van der Waals surface area contributed by atoms with Crippen molar-refractivity contribution in [2.75, 3.05) is 3.71 Å². The average molecular weight is 391 g/mol. The van der Waals surface area contributed by atoms with Gasteiger partial charge in [0.25, 0.3) is 0 Å². The van der Waals surface area contributed by atoms with Gasteiger partial charge in [-0.3, -0.25) is 9.79 Å². The Hall–Kier alpha value is -2.46. The lowest BCUT2D eigenvalue weighted by molar-refractivity contribution is 0.111. The maximum absolute atomic E-state index is 13.0. The molecule has 0 radical (unpaired) electrons. The van der Waals surface area contributed by atoms with Crippen LogP contribution >= 0.6 is 24.7 Å². The Morgan fingerprint density at radius 3 is 2.85 bits per heavy atom. The van der Waals surface area contributed by atoms with Gasteiger partial charge in [-0.15, -0.1) is 7.77 Å². The van der Waals surface area contributed by atoms with Crippen LogP contribution in [0.2, 0.25) is 0 Å². The highest BCUT2D eigenvalue weighted by molar-refractivity contribution is 8.13. The summed E-state index contributed by atoms with van der Waals surface area (Å²) in [5, 5.41) is 4.22. The minimum absolute atomic E-state index is 0.0653. The van der Waals surface area contributed by atoms with E-state index in [1.165, 1.54) is 10.6 Å². The zero-order valence-corrected chi connectivity index (χ0v) is 14.8. The third-order valence-corrected chi connectivity index (χ3v) is 5.12. The molecule has 0 saturated heterocycles. The predicted octanol–water partition coefficient (Wildman–Crippen LogP) is 4.46. The van der Waals surface area contributed by atoms with Crippen molar-refractivity contribution in [2.45, 2.75) is 12.3 Å². The standard InChI is InChI=1S/C16H11F2N5OS2/c17-25-23(26-18)15-6-12(9-24)21-16-13(8-20-22(15)16)11-5-10-3-1-2-4-14(10)19-7-11/h1-4,6-9,11H,5H2. The fraction of sp³-hybridized carbons (Fsp3) is 0.125. The van der Waals surface area contributed by atoms with Gasteiger partial charge in [-0.05, 0) is 18.1 Å². The van der Waals surface area contributed by atoms with Crippen LogP contribution in [0, 0.1) is 0 Å². The number of fused-ring (bicyclic) bond motifs is 2. The summed E-state index contributed by atoms with van der Waals surface area (Å²) in [6.45, 7) is 0. The molecule has 0 fully saturated rings. The molecule has 0 bridgehead atoms. The number of halogens is 2. The Bertz CT molecular complexity index is 1010. The van der Waals surface area contributed by atoms with Crippen molar-refractivity contribution in [3.05, 3.63) is 53.3 Å². The van der Waals surface area contributed by atoms with Gasteiger partial charge in [-0.2, -0.15) is 13.3 Å². The number of rotatable bonds is 5. The van der Waals surface area contributed by atoms with Crippen LogP contribution in [0.3, 0.4) is 0 Å². The summed E-state index contributed by atoms with van der Waals surface area (Å²) in [6.07, 6.45) is 4.63. The molecule has 0 N–H and O–H groups in total. The summed E-state index contributed by atoms with van der Waals surface area (Å²) >= 11 is -0.634. The highest BCUT2D eigenvalue weighted by Crippen LogP contribution is 2.35. The smallest absolute Gasteiger partial charge is 0.179 e. The summed E-state index contributed by atoms with van der Waals surface area (Å²) in [7, 11) is 0. The van der Waals surface area contributed by atoms with Gasteiger partial charge in [0.15, 0.2) is 42.4 Å². The van der Waals surface area contributed by atoms with Crippen molar-refractivity contribution in [1.29, 1.82) is 0 Å². The van der Waals surface area contributed by atoms with Crippen molar-refractivity contribution < 1.29 is 12.6 Å². The van der Waals surface area contributed by atoms with Gasteiger partial charge >= 0.3 is 0 Å². The molecule has 6 nitrogen and oxygen atoms in total. The van der Waals surface area contributed by atoms with Gasteiger partial charge in [0.05, 0.1) is 11.9 Å². The number of benzene rings is 1. The Kier molecular flexibility index (Phi) is 4.60. The number of anilines is 1. The molecule has 3 heterocycles. The molecule has 1 atom stereocenters. The van der Waals surface area contributed by atoms with E-state index in [9.17, 15) is 12.6 Å². The van der Waals surface area contributed by atoms with Gasteiger partial charge < -0.3 is 0 Å². The molecular formula is C16H11F2N5OS2. The van der Waals surface area contributed by atoms with Crippen molar-refractivity contribution in [1.82, 2.24) is 14.6 Å². The second-order valence-electron chi connectivity index (χ2n) is 5.61. The van der Waals surface area contributed by atoms with Crippen LogP contribution in [0.15, 0.2) is 41.5 Å². The first-order valence-corrected chi connectivity index (χ1v) is 8.93. The molecule has 1 unspecified atom stereocenters. The van der Waals surface area contributed by atoms with E-state index in [1.807, 2.05) is 24.3 Å². The lowest BCUT2D eigenvalue weighted by atomic mass is 9.92. The Labute approximate surface area is 156 Å². The van der Waals surface area contributed by atoms with E-state index >= 15 is 0 Å². The first kappa shape index (κ1) is 17.0. The molecule has 1 aliphatic rings. The number of aromatic nitrogens is 3. The van der Waals surface area contributed by atoms with Crippen LogP contribution in [0.5, 0.6) is 0 Å². The van der Waals surface area contributed by atoms with Crippen LogP contribution in [0.25, 0.3) is 5.65 Å². The van der Waals surface area contributed by atoms with Crippen LogP contribution < -0.4 is 3.71 Å². The lowest BCUT2D eigenvalue weighted by Gasteiger charge is -2.18. The molecule has 0 spiro atoms. The van der Waals surface area contributed by atoms with E-state index in [4.69, 9.17) is 0 Å². The van der Waals surface area contributed by atoms with Crippen molar-refractivity contribution in [3.63, 3.8) is 0 Å². The molecule has 0 amide bonds. The zero-order chi connectivity index (χ0) is 18.1. The monoisotopic (exact) mass is 391 g/mol. The third kappa shape index (κ3) is 2.84. The number of aldehydes is 1. The fourth-order valence-corrected chi connectivity index (χ4v) is 3.46. The molecule has 4 rings (SSSR count).